The van der Waals surface area contributed by atoms with E-state index in [9.17, 15) is 9.59 Å². The molecule has 2 atom stereocenters. The van der Waals surface area contributed by atoms with Crippen LogP contribution >= 0.6 is 0 Å². The zero-order valence-electron chi connectivity index (χ0n) is 22.8. The van der Waals surface area contributed by atoms with Gasteiger partial charge in [0.15, 0.2) is 0 Å². The van der Waals surface area contributed by atoms with Crippen molar-refractivity contribution >= 4 is 11.8 Å². The van der Waals surface area contributed by atoms with Crippen LogP contribution in [-0.2, 0) is 16.1 Å². The molecule has 0 spiro atoms. The summed E-state index contributed by atoms with van der Waals surface area (Å²) in [4.78, 5) is 31.6. The summed E-state index contributed by atoms with van der Waals surface area (Å²) in [6, 6.07) is 17.5. The number of para-hydroxylation sites is 1. The summed E-state index contributed by atoms with van der Waals surface area (Å²) in [5, 5.41) is 3.21. The Labute approximate surface area is 227 Å². The number of likely N-dealkylation sites (tertiary alicyclic amines) is 1. The van der Waals surface area contributed by atoms with Crippen LogP contribution in [0.15, 0.2) is 54.6 Å². The number of ether oxygens (including phenoxy) is 1. The fraction of sp³-hybridized carbons (Fsp3) is 0.562. The second-order valence-electron chi connectivity index (χ2n) is 11.4. The molecule has 0 bridgehead atoms. The van der Waals surface area contributed by atoms with Crippen molar-refractivity contribution in [3.63, 3.8) is 0 Å². The second-order valence-corrected chi connectivity index (χ2v) is 11.4. The highest BCUT2D eigenvalue weighted by atomic mass is 16.5. The van der Waals surface area contributed by atoms with E-state index in [0.29, 0.717) is 12.5 Å². The summed E-state index contributed by atoms with van der Waals surface area (Å²) in [5.74, 6) is 2.47. The number of piperidine rings is 1. The largest absolute Gasteiger partial charge is 0.457 e. The Hall–Kier alpha value is -2.86. The summed E-state index contributed by atoms with van der Waals surface area (Å²) in [6.07, 6.45) is 9.57. The quantitative estimate of drug-likeness (QED) is 0.459. The molecule has 2 saturated heterocycles. The van der Waals surface area contributed by atoms with E-state index < -0.39 is 0 Å². The predicted molar refractivity (Wildman–Crippen MR) is 150 cm³/mol. The number of nitrogens with one attached hydrogen (secondary N) is 1. The molecule has 1 aliphatic carbocycles. The summed E-state index contributed by atoms with van der Waals surface area (Å²) >= 11 is 0. The molecule has 204 valence electrons. The molecule has 1 saturated carbocycles. The minimum absolute atomic E-state index is 0.0868. The van der Waals surface area contributed by atoms with Crippen LogP contribution in [0.3, 0.4) is 0 Å². The molecule has 0 aromatic heterocycles. The highest BCUT2D eigenvalue weighted by molar-refractivity contribution is 5.97. The monoisotopic (exact) mass is 517 g/mol. The van der Waals surface area contributed by atoms with E-state index >= 15 is 0 Å². The number of unbranched alkanes of at least 4 members (excludes halogenated alkanes) is 1. The molecule has 5 rings (SSSR count). The number of carbonyl (C=O) groups is 2. The SMILES string of the molecule is CCCCN1C(=O)[C@H](C2CCCCC2)NC(=O)[C@@H]1C1CCN(Cc2ccc(Oc3ccccc3)cc2)CC1. The third kappa shape index (κ3) is 6.40. The Bertz CT molecular complexity index is 1040. The Morgan fingerprint density at radius 2 is 1.53 bits per heavy atom. The first kappa shape index (κ1) is 26.7. The van der Waals surface area contributed by atoms with Gasteiger partial charge in [0.2, 0.25) is 11.8 Å². The number of amides is 2. The zero-order valence-corrected chi connectivity index (χ0v) is 22.8. The number of hydrogen-bond acceptors (Lipinski definition) is 4. The van der Waals surface area contributed by atoms with Gasteiger partial charge in [0.25, 0.3) is 0 Å². The highest BCUT2D eigenvalue weighted by Crippen LogP contribution is 2.33. The highest BCUT2D eigenvalue weighted by Gasteiger charge is 2.46. The molecular weight excluding hydrogens is 474 g/mol. The van der Waals surface area contributed by atoms with Crippen molar-refractivity contribution in [2.24, 2.45) is 11.8 Å². The van der Waals surface area contributed by atoms with Crippen molar-refractivity contribution < 1.29 is 14.3 Å². The van der Waals surface area contributed by atoms with Gasteiger partial charge < -0.3 is 15.0 Å². The van der Waals surface area contributed by atoms with E-state index in [4.69, 9.17) is 4.74 Å². The van der Waals surface area contributed by atoms with Gasteiger partial charge in [-0.3, -0.25) is 14.5 Å². The number of piperazine rings is 1. The minimum atomic E-state index is -0.315. The molecule has 6 heteroatoms. The average molecular weight is 518 g/mol. The summed E-state index contributed by atoms with van der Waals surface area (Å²) < 4.78 is 5.92. The van der Waals surface area contributed by atoms with Crippen LogP contribution < -0.4 is 10.1 Å². The molecule has 2 heterocycles. The van der Waals surface area contributed by atoms with Crippen LogP contribution in [0.5, 0.6) is 11.5 Å². The van der Waals surface area contributed by atoms with Gasteiger partial charge in [0.05, 0.1) is 0 Å². The lowest BCUT2D eigenvalue weighted by molar-refractivity contribution is -0.154. The maximum atomic E-state index is 13.7. The van der Waals surface area contributed by atoms with Crippen LogP contribution in [0.4, 0.5) is 0 Å². The smallest absolute Gasteiger partial charge is 0.246 e. The lowest BCUT2D eigenvalue weighted by Gasteiger charge is -2.46. The maximum absolute atomic E-state index is 13.7. The number of carbonyl (C=O) groups excluding carboxylic acids is 2. The van der Waals surface area contributed by atoms with Crippen molar-refractivity contribution in [2.45, 2.75) is 83.3 Å². The Morgan fingerprint density at radius 3 is 2.21 bits per heavy atom. The van der Waals surface area contributed by atoms with Gasteiger partial charge in [0.1, 0.15) is 23.6 Å². The first-order valence-electron chi connectivity index (χ1n) is 14.8. The van der Waals surface area contributed by atoms with Crippen molar-refractivity contribution in [3.05, 3.63) is 60.2 Å². The van der Waals surface area contributed by atoms with Gasteiger partial charge in [-0.25, -0.2) is 0 Å². The first-order valence-corrected chi connectivity index (χ1v) is 14.8. The Morgan fingerprint density at radius 1 is 0.842 bits per heavy atom. The van der Waals surface area contributed by atoms with Crippen LogP contribution in [0, 0.1) is 11.8 Å². The molecule has 2 aliphatic heterocycles. The lowest BCUT2D eigenvalue weighted by Crippen LogP contribution is -2.67. The maximum Gasteiger partial charge on any atom is 0.246 e. The van der Waals surface area contributed by atoms with Gasteiger partial charge in [-0.05, 0) is 86.9 Å². The minimum Gasteiger partial charge on any atom is -0.457 e. The summed E-state index contributed by atoms with van der Waals surface area (Å²) in [5.41, 5.74) is 1.26. The molecule has 0 unspecified atom stereocenters. The summed E-state index contributed by atoms with van der Waals surface area (Å²) in [6.45, 7) is 5.63. The van der Waals surface area contributed by atoms with Crippen LogP contribution in [0.1, 0.15) is 70.3 Å². The molecule has 2 amide bonds. The normalized spacial score (nSPS) is 23.9. The molecule has 2 aromatic rings. The fourth-order valence-corrected chi connectivity index (χ4v) is 6.56. The van der Waals surface area contributed by atoms with E-state index in [1.54, 1.807) is 0 Å². The lowest BCUT2D eigenvalue weighted by atomic mass is 9.80. The van der Waals surface area contributed by atoms with Gasteiger partial charge in [-0.15, -0.1) is 0 Å². The molecule has 3 fully saturated rings. The topological polar surface area (TPSA) is 61.9 Å². The molecule has 2 aromatic carbocycles. The molecular formula is C32H43N3O3. The van der Waals surface area contributed by atoms with Crippen LogP contribution in [-0.4, -0.2) is 53.3 Å². The first-order chi connectivity index (χ1) is 18.6. The predicted octanol–water partition coefficient (Wildman–Crippen LogP) is 5.77. The molecule has 0 radical (unpaired) electrons. The second kappa shape index (κ2) is 12.8. The zero-order chi connectivity index (χ0) is 26.3. The van der Waals surface area contributed by atoms with Gasteiger partial charge in [0, 0.05) is 13.1 Å². The van der Waals surface area contributed by atoms with E-state index in [1.807, 2.05) is 47.4 Å². The molecule has 38 heavy (non-hydrogen) atoms. The third-order valence-electron chi connectivity index (χ3n) is 8.71. The van der Waals surface area contributed by atoms with Crippen molar-refractivity contribution in [3.8, 4) is 11.5 Å². The number of rotatable bonds is 9. The fourth-order valence-electron chi connectivity index (χ4n) is 6.56. The van der Waals surface area contributed by atoms with Crippen LogP contribution in [0.25, 0.3) is 0 Å². The van der Waals surface area contributed by atoms with Gasteiger partial charge in [-0.1, -0.05) is 62.9 Å². The van der Waals surface area contributed by atoms with E-state index in [-0.39, 0.29) is 29.8 Å². The average Bonchev–Trinajstić information content (AvgIpc) is 2.96. The van der Waals surface area contributed by atoms with Crippen molar-refractivity contribution in [2.75, 3.05) is 19.6 Å². The van der Waals surface area contributed by atoms with Crippen LogP contribution in [0.2, 0.25) is 0 Å². The Kier molecular flexibility index (Phi) is 9.00. The van der Waals surface area contributed by atoms with Gasteiger partial charge >= 0.3 is 0 Å². The van der Waals surface area contributed by atoms with Gasteiger partial charge in [-0.2, -0.15) is 0 Å². The number of nitrogens with zero attached hydrogens (tertiary/aromatic N) is 2. The van der Waals surface area contributed by atoms with E-state index in [0.717, 1.165) is 69.7 Å². The summed E-state index contributed by atoms with van der Waals surface area (Å²) in [7, 11) is 0. The van der Waals surface area contributed by atoms with Crippen molar-refractivity contribution in [1.29, 1.82) is 0 Å². The Balaban J connectivity index is 1.17. The van der Waals surface area contributed by atoms with Crippen molar-refractivity contribution in [1.82, 2.24) is 15.1 Å². The molecule has 6 nitrogen and oxygen atoms in total. The molecule has 3 aliphatic rings. The van der Waals surface area contributed by atoms with E-state index in [2.05, 4.69) is 29.3 Å². The molecule has 1 N–H and O–H groups in total. The number of hydrogen-bond donors (Lipinski definition) is 1. The standard InChI is InChI=1S/C32H43N3O3/c1-2-3-20-35-30(31(36)33-29(32(35)37)25-10-6-4-7-11-25)26-18-21-34(22-19-26)23-24-14-16-28(17-15-24)38-27-12-8-5-9-13-27/h5,8-9,12-17,25-26,29-30H,2-4,6-7,10-11,18-23H2,1H3,(H,33,36)/t29-,30-/m0/s1. The number of benzene rings is 2. The van der Waals surface area contributed by atoms with E-state index in [1.165, 1.54) is 24.8 Å². The third-order valence-corrected chi connectivity index (χ3v) is 8.71.